The van der Waals surface area contributed by atoms with Crippen LogP contribution in [0, 0.1) is 0 Å². The average Bonchev–Trinajstić information content (AvgIpc) is 3.18. The van der Waals surface area contributed by atoms with Gasteiger partial charge >= 0.3 is 6.01 Å². The third kappa shape index (κ3) is 6.29. The van der Waals surface area contributed by atoms with Gasteiger partial charge in [-0.25, -0.2) is 4.68 Å². The van der Waals surface area contributed by atoms with Crippen LogP contribution in [-0.2, 0) is 16.6 Å². The molecule has 10 heteroatoms. The van der Waals surface area contributed by atoms with E-state index < -0.39 is 5.91 Å². The maximum absolute atomic E-state index is 12.9. The van der Waals surface area contributed by atoms with Gasteiger partial charge in [0.2, 0.25) is 17.6 Å². The van der Waals surface area contributed by atoms with Crippen LogP contribution < -0.4 is 15.4 Å². The molecule has 1 aromatic carbocycles. The third-order valence-electron chi connectivity index (χ3n) is 5.45. The van der Waals surface area contributed by atoms with E-state index in [1.165, 1.54) is 16.7 Å². The maximum atomic E-state index is 12.9. The van der Waals surface area contributed by atoms with Crippen molar-refractivity contribution >= 4 is 17.7 Å². The van der Waals surface area contributed by atoms with Crippen molar-refractivity contribution in [3.05, 3.63) is 41.7 Å². The van der Waals surface area contributed by atoms with E-state index in [1.807, 2.05) is 30.3 Å². The summed E-state index contributed by atoms with van der Waals surface area (Å²) >= 11 is 0. The van der Waals surface area contributed by atoms with Gasteiger partial charge in [0, 0.05) is 33.1 Å². The van der Waals surface area contributed by atoms with Crippen molar-refractivity contribution in [3.8, 4) is 6.01 Å². The highest BCUT2D eigenvalue weighted by molar-refractivity contribution is 5.93. The number of ether oxygens (including phenoxy) is 1. The van der Waals surface area contributed by atoms with Gasteiger partial charge in [-0.2, -0.15) is 4.98 Å². The largest absolute Gasteiger partial charge is 0.467 e. The summed E-state index contributed by atoms with van der Waals surface area (Å²) in [5.41, 5.74) is 1.15. The number of nitrogens with zero attached hydrogens (tertiary/aromatic N) is 4. The molecule has 2 N–H and O–H groups in total. The molecule has 3 amide bonds. The summed E-state index contributed by atoms with van der Waals surface area (Å²) in [6, 6.07) is 10.2. The minimum absolute atomic E-state index is 0.0129. The van der Waals surface area contributed by atoms with Crippen LogP contribution in [0.5, 0.6) is 6.01 Å². The predicted octanol–water partition coefficient (Wildman–Crippen LogP) is 0.856. The average molecular weight is 443 g/mol. The van der Waals surface area contributed by atoms with E-state index in [4.69, 9.17) is 4.74 Å². The molecule has 10 nitrogen and oxygen atoms in total. The van der Waals surface area contributed by atoms with Gasteiger partial charge in [0.15, 0.2) is 0 Å². The topological polar surface area (TPSA) is 118 Å². The molecule has 1 aliphatic rings. The third-order valence-corrected chi connectivity index (χ3v) is 5.45. The monoisotopic (exact) mass is 442 g/mol. The lowest BCUT2D eigenvalue weighted by Gasteiger charge is -2.23. The molecule has 1 aromatic heterocycles. The van der Waals surface area contributed by atoms with E-state index in [0.717, 1.165) is 5.56 Å². The van der Waals surface area contributed by atoms with Crippen LogP contribution in [0.3, 0.4) is 0 Å². The highest BCUT2D eigenvalue weighted by Gasteiger charge is 2.24. The number of amides is 3. The van der Waals surface area contributed by atoms with E-state index in [-0.39, 0.29) is 36.1 Å². The Morgan fingerprint density at radius 2 is 1.84 bits per heavy atom. The van der Waals surface area contributed by atoms with E-state index >= 15 is 0 Å². The van der Waals surface area contributed by atoms with Crippen molar-refractivity contribution in [3.63, 3.8) is 0 Å². The molecule has 0 saturated carbocycles. The first-order valence-electron chi connectivity index (χ1n) is 10.8. The van der Waals surface area contributed by atoms with Crippen molar-refractivity contribution in [2.75, 3.05) is 33.3 Å². The van der Waals surface area contributed by atoms with Crippen LogP contribution in [0.1, 0.15) is 47.8 Å². The Morgan fingerprint density at radius 3 is 2.56 bits per heavy atom. The fraction of sp³-hybridized carbons (Fsp3) is 0.500. The van der Waals surface area contributed by atoms with Gasteiger partial charge in [-0.05, 0) is 30.7 Å². The van der Waals surface area contributed by atoms with Crippen LogP contribution in [0.15, 0.2) is 30.3 Å². The second-order valence-electron chi connectivity index (χ2n) is 7.76. The first kappa shape index (κ1) is 23.2. The maximum Gasteiger partial charge on any atom is 0.314 e. The first-order valence-corrected chi connectivity index (χ1v) is 10.8. The Kier molecular flexibility index (Phi) is 8.18. The van der Waals surface area contributed by atoms with Gasteiger partial charge in [-0.3, -0.25) is 14.4 Å². The predicted molar refractivity (Wildman–Crippen MR) is 117 cm³/mol. The summed E-state index contributed by atoms with van der Waals surface area (Å²) in [5, 5.41) is 9.90. The first-order chi connectivity index (χ1) is 15.5. The highest BCUT2D eigenvalue weighted by Crippen LogP contribution is 2.24. The molecule has 0 aliphatic carbocycles. The van der Waals surface area contributed by atoms with E-state index in [9.17, 15) is 14.4 Å². The Balaban J connectivity index is 1.70. The Labute approximate surface area is 187 Å². The molecule has 1 atom stereocenters. The molecule has 0 bridgehead atoms. The second kappa shape index (κ2) is 11.3. The van der Waals surface area contributed by atoms with Crippen molar-refractivity contribution in [1.82, 2.24) is 30.3 Å². The molecule has 0 spiro atoms. The van der Waals surface area contributed by atoms with Crippen molar-refractivity contribution in [2.45, 2.75) is 31.6 Å². The Bertz CT molecular complexity index is 930. The zero-order valence-corrected chi connectivity index (χ0v) is 18.5. The molecular formula is C22H30N6O4. The van der Waals surface area contributed by atoms with Gasteiger partial charge in [0.25, 0.3) is 5.91 Å². The van der Waals surface area contributed by atoms with Gasteiger partial charge in [-0.1, -0.05) is 30.3 Å². The molecule has 3 rings (SSSR count). The number of hydrogen-bond donors (Lipinski definition) is 2. The Hall–Kier alpha value is -3.43. The van der Waals surface area contributed by atoms with Gasteiger partial charge in [-0.15, -0.1) is 5.10 Å². The molecule has 172 valence electrons. The highest BCUT2D eigenvalue weighted by atomic mass is 16.5. The molecule has 1 saturated heterocycles. The minimum atomic E-state index is -0.459. The lowest BCUT2D eigenvalue weighted by Crippen LogP contribution is -2.43. The fourth-order valence-corrected chi connectivity index (χ4v) is 3.74. The molecule has 1 fully saturated rings. The summed E-state index contributed by atoms with van der Waals surface area (Å²) in [4.78, 5) is 43.3. The molecule has 1 unspecified atom stereocenters. The summed E-state index contributed by atoms with van der Waals surface area (Å²) in [5.74, 6) is -0.589. The molecular weight excluding hydrogens is 412 g/mol. The Morgan fingerprint density at radius 1 is 1.09 bits per heavy atom. The van der Waals surface area contributed by atoms with Crippen molar-refractivity contribution in [1.29, 1.82) is 0 Å². The van der Waals surface area contributed by atoms with Crippen LogP contribution in [0.25, 0.3) is 0 Å². The number of rotatable bonds is 3. The normalized spacial score (nSPS) is 18.9. The number of carbonyl (C=O) groups is 3. The lowest BCUT2D eigenvalue weighted by atomic mass is 9.91. The van der Waals surface area contributed by atoms with Crippen LogP contribution >= 0.6 is 0 Å². The zero-order chi connectivity index (χ0) is 22.9. The van der Waals surface area contributed by atoms with Crippen LogP contribution in [0.2, 0.25) is 0 Å². The quantitative estimate of drug-likeness (QED) is 0.728. The summed E-state index contributed by atoms with van der Waals surface area (Å²) in [6.07, 6.45) is 2.34. The number of hydrogen-bond acceptors (Lipinski definition) is 6. The van der Waals surface area contributed by atoms with Crippen molar-refractivity contribution < 1.29 is 19.1 Å². The summed E-state index contributed by atoms with van der Waals surface area (Å²) in [7, 11) is 3.07. The number of carbonyl (C=O) groups excluding carboxylic acids is 3. The molecule has 1 aliphatic heterocycles. The lowest BCUT2D eigenvalue weighted by molar-refractivity contribution is -0.123. The van der Waals surface area contributed by atoms with Gasteiger partial charge in [0.05, 0.1) is 13.7 Å². The minimum Gasteiger partial charge on any atom is -0.467 e. The molecule has 2 heterocycles. The number of benzene rings is 1. The van der Waals surface area contributed by atoms with Gasteiger partial charge in [0.1, 0.15) is 0 Å². The van der Waals surface area contributed by atoms with Gasteiger partial charge < -0.3 is 20.3 Å². The van der Waals surface area contributed by atoms with E-state index in [0.29, 0.717) is 45.3 Å². The fourth-order valence-electron chi connectivity index (χ4n) is 3.74. The number of aryl methyl sites for hydroxylation is 1. The molecule has 32 heavy (non-hydrogen) atoms. The zero-order valence-electron chi connectivity index (χ0n) is 18.5. The number of methoxy groups -OCH3 is 1. The van der Waals surface area contributed by atoms with E-state index in [2.05, 4.69) is 20.7 Å². The van der Waals surface area contributed by atoms with E-state index in [1.54, 1.807) is 7.05 Å². The van der Waals surface area contributed by atoms with Crippen molar-refractivity contribution in [2.24, 2.45) is 7.05 Å². The number of nitrogens with one attached hydrogen (secondary N) is 2. The standard InChI is InChI=1S/C22H30N6O4/c1-27-22(32-2)25-20(26-27)21(31)28-14-6-12-23-18(29)10-9-17(11-13-24-19(30)15-28)16-7-4-3-5-8-16/h3-5,7-8,17H,6,9-15H2,1-2H3,(H,23,29)(H,24,30). The molecule has 0 radical (unpaired) electrons. The summed E-state index contributed by atoms with van der Waals surface area (Å²) in [6.45, 7) is 1.06. The smallest absolute Gasteiger partial charge is 0.314 e. The van der Waals surface area contributed by atoms with Crippen LogP contribution in [-0.4, -0.2) is 70.7 Å². The SMILES string of the molecule is COc1nc(C(=O)N2CCCNC(=O)CCC(c3ccccc3)CCNC(=O)C2)nn1C. The van der Waals surface area contributed by atoms with Crippen LogP contribution in [0.4, 0.5) is 0 Å². The summed E-state index contributed by atoms with van der Waals surface area (Å²) < 4.78 is 6.43. The second-order valence-corrected chi connectivity index (χ2v) is 7.76. The number of aromatic nitrogens is 3. The molecule has 2 aromatic rings.